The van der Waals surface area contributed by atoms with Crippen molar-refractivity contribution in [1.82, 2.24) is 4.90 Å². The van der Waals surface area contributed by atoms with Crippen LogP contribution in [0.4, 0.5) is 0 Å². The molecule has 266 valence electrons. The number of unbranched alkanes of at least 4 members (excludes halogenated alkanes) is 22. The van der Waals surface area contributed by atoms with Crippen LogP contribution in [0.15, 0.2) is 0 Å². The van der Waals surface area contributed by atoms with Gasteiger partial charge >= 0.3 is 0 Å². The average Bonchev–Trinajstić information content (AvgIpc) is 3.01. The number of aliphatic hydroxyl groups is 2. The van der Waals surface area contributed by atoms with Gasteiger partial charge in [-0.3, -0.25) is 4.90 Å². The van der Waals surface area contributed by atoms with Crippen LogP contribution in [-0.2, 0) is 9.47 Å². The Kier molecular flexibility index (Phi) is 37.1. The first-order valence-corrected chi connectivity index (χ1v) is 19.9. The highest BCUT2D eigenvalue weighted by Crippen LogP contribution is 2.15. The summed E-state index contributed by atoms with van der Waals surface area (Å²) in [7, 11) is 0. The third-order valence-corrected chi connectivity index (χ3v) is 8.99. The van der Waals surface area contributed by atoms with Gasteiger partial charge in [-0.1, -0.05) is 175 Å². The van der Waals surface area contributed by atoms with Gasteiger partial charge in [-0.15, -0.1) is 0 Å². The first-order chi connectivity index (χ1) is 21.6. The summed E-state index contributed by atoms with van der Waals surface area (Å²) in [6, 6.07) is 0. The molecule has 0 rings (SSSR count). The van der Waals surface area contributed by atoms with Gasteiger partial charge in [0.15, 0.2) is 0 Å². The fourth-order valence-corrected chi connectivity index (χ4v) is 6.14. The monoisotopic (exact) mass is 628 g/mol. The molecule has 0 aliphatic heterocycles. The third-order valence-electron chi connectivity index (χ3n) is 8.99. The Morgan fingerprint density at radius 2 is 0.705 bits per heavy atom. The van der Waals surface area contributed by atoms with Crippen molar-refractivity contribution >= 4 is 0 Å². The number of hydrogen-bond donors (Lipinski definition) is 2. The summed E-state index contributed by atoms with van der Waals surface area (Å²) in [5.74, 6) is 0. The van der Waals surface area contributed by atoms with E-state index in [0.29, 0.717) is 32.9 Å². The van der Waals surface area contributed by atoms with E-state index in [-0.39, 0.29) is 12.2 Å². The van der Waals surface area contributed by atoms with Crippen molar-refractivity contribution in [2.45, 2.75) is 206 Å². The summed E-state index contributed by atoms with van der Waals surface area (Å²) in [5, 5.41) is 21.6. The fraction of sp³-hybridized carbons (Fsp3) is 1.00. The highest BCUT2D eigenvalue weighted by Gasteiger charge is 2.16. The first kappa shape index (κ1) is 43.8. The smallest absolute Gasteiger partial charge is 0.0701 e. The molecule has 44 heavy (non-hydrogen) atoms. The van der Waals surface area contributed by atoms with Gasteiger partial charge in [-0.25, -0.2) is 0 Å². The van der Waals surface area contributed by atoms with E-state index in [9.17, 15) is 10.2 Å². The van der Waals surface area contributed by atoms with Crippen molar-refractivity contribution in [2.24, 2.45) is 0 Å². The summed E-state index contributed by atoms with van der Waals surface area (Å²) in [4.78, 5) is 2.23. The summed E-state index contributed by atoms with van der Waals surface area (Å²) in [5.41, 5.74) is 0. The Morgan fingerprint density at radius 1 is 0.386 bits per heavy atom. The highest BCUT2D eigenvalue weighted by atomic mass is 16.5. The zero-order valence-electron chi connectivity index (χ0n) is 30.4. The van der Waals surface area contributed by atoms with Crippen LogP contribution in [-0.4, -0.2) is 73.4 Å². The molecule has 5 nitrogen and oxygen atoms in total. The van der Waals surface area contributed by atoms with Gasteiger partial charge < -0.3 is 19.7 Å². The molecule has 0 spiro atoms. The Balaban J connectivity index is 4.08. The maximum absolute atomic E-state index is 10.8. The molecule has 0 fully saturated rings. The number of nitrogens with zero attached hydrogens (tertiary/aromatic N) is 1. The Hall–Kier alpha value is -0.200. The molecule has 0 saturated heterocycles. The van der Waals surface area contributed by atoms with Crippen LogP contribution in [0.25, 0.3) is 0 Å². The molecule has 0 aromatic heterocycles. The summed E-state index contributed by atoms with van der Waals surface area (Å²) in [6.07, 6.45) is 34.2. The standard InChI is InChI=1S/C39H81NO4/c1-4-7-9-11-13-15-17-19-21-23-25-27-29-38(41)36-40(31-33-44-35-34-43-32-6-3)37-39(42)30-28-26-24-22-20-18-16-14-12-10-8-5-2/h38-39,41-42H,4-37H2,1-3H3. The largest absolute Gasteiger partial charge is 0.392 e. The van der Waals surface area contributed by atoms with Gasteiger partial charge in [-0.2, -0.15) is 0 Å². The molecule has 0 aromatic rings. The number of rotatable bonds is 38. The fourth-order valence-electron chi connectivity index (χ4n) is 6.14. The summed E-state index contributed by atoms with van der Waals surface area (Å²) in [6.45, 7) is 11.3. The molecule has 2 unspecified atom stereocenters. The zero-order valence-corrected chi connectivity index (χ0v) is 30.4. The molecule has 0 heterocycles. The van der Waals surface area contributed by atoms with E-state index in [2.05, 4.69) is 25.7 Å². The molecule has 2 N–H and O–H groups in total. The maximum atomic E-state index is 10.8. The van der Waals surface area contributed by atoms with Crippen LogP contribution < -0.4 is 0 Å². The lowest BCUT2D eigenvalue weighted by atomic mass is 10.0. The van der Waals surface area contributed by atoms with E-state index >= 15 is 0 Å². The van der Waals surface area contributed by atoms with E-state index < -0.39 is 0 Å². The van der Waals surface area contributed by atoms with Crippen LogP contribution in [0.1, 0.15) is 194 Å². The van der Waals surface area contributed by atoms with Gasteiger partial charge in [-0.05, 0) is 19.3 Å². The van der Waals surface area contributed by atoms with Crippen molar-refractivity contribution in [3.8, 4) is 0 Å². The van der Waals surface area contributed by atoms with Crippen molar-refractivity contribution in [3.05, 3.63) is 0 Å². The second-order valence-corrected chi connectivity index (χ2v) is 13.6. The molecule has 2 atom stereocenters. The third kappa shape index (κ3) is 34.7. The first-order valence-electron chi connectivity index (χ1n) is 19.9. The van der Waals surface area contributed by atoms with Crippen molar-refractivity contribution in [2.75, 3.05) is 46.1 Å². The second kappa shape index (κ2) is 37.3. The van der Waals surface area contributed by atoms with Crippen LogP contribution in [0.5, 0.6) is 0 Å². The minimum atomic E-state index is -0.329. The Labute approximate surface area is 276 Å². The Morgan fingerprint density at radius 3 is 1.05 bits per heavy atom. The molecule has 0 aromatic carbocycles. The Bertz CT molecular complexity index is 484. The van der Waals surface area contributed by atoms with Crippen LogP contribution in [0, 0.1) is 0 Å². The molecule has 0 saturated carbocycles. The summed E-state index contributed by atoms with van der Waals surface area (Å²) < 4.78 is 11.3. The van der Waals surface area contributed by atoms with Crippen molar-refractivity contribution in [1.29, 1.82) is 0 Å². The predicted molar refractivity (Wildman–Crippen MR) is 192 cm³/mol. The molecule has 5 heteroatoms. The number of aliphatic hydroxyl groups excluding tert-OH is 2. The van der Waals surface area contributed by atoms with Gasteiger partial charge in [0.05, 0.1) is 32.0 Å². The summed E-state index contributed by atoms with van der Waals surface area (Å²) >= 11 is 0. The quantitative estimate of drug-likeness (QED) is 0.0667. The maximum Gasteiger partial charge on any atom is 0.0701 e. The SMILES string of the molecule is CCCCCCCCCCCCCCC(O)CN(CCOCCOCCC)CC(O)CCCCCCCCCCCCCC. The van der Waals surface area contributed by atoms with Gasteiger partial charge in [0, 0.05) is 26.2 Å². The molecule has 0 aliphatic carbocycles. The number of hydrogen-bond acceptors (Lipinski definition) is 5. The predicted octanol–water partition coefficient (Wildman–Crippen LogP) is 10.6. The zero-order chi connectivity index (χ0) is 32.2. The van der Waals surface area contributed by atoms with E-state index in [1.807, 2.05) is 0 Å². The van der Waals surface area contributed by atoms with Crippen LogP contribution in [0.3, 0.4) is 0 Å². The highest BCUT2D eigenvalue weighted by molar-refractivity contribution is 4.70. The average molecular weight is 628 g/mol. The topological polar surface area (TPSA) is 62.2 Å². The van der Waals surface area contributed by atoms with E-state index in [1.54, 1.807) is 0 Å². The normalized spacial score (nSPS) is 13.2. The lowest BCUT2D eigenvalue weighted by Gasteiger charge is -2.27. The molecule has 0 amide bonds. The lowest BCUT2D eigenvalue weighted by Crippen LogP contribution is -2.40. The van der Waals surface area contributed by atoms with E-state index in [0.717, 1.165) is 45.3 Å². The molecule has 0 aliphatic rings. The van der Waals surface area contributed by atoms with Crippen molar-refractivity contribution in [3.63, 3.8) is 0 Å². The minimum Gasteiger partial charge on any atom is -0.392 e. The number of ether oxygens (including phenoxy) is 2. The second-order valence-electron chi connectivity index (χ2n) is 13.6. The van der Waals surface area contributed by atoms with Gasteiger partial charge in [0.1, 0.15) is 0 Å². The van der Waals surface area contributed by atoms with Crippen molar-refractivity contribution < 1.29 is 19.7 Å². The molecule has 0 radical (unpaired) electrons. The lowest BCUT2D eigenvalue weighted by molar-refractivity contribution is 0.0185. The molecular weight excluding hydrogens is 546 g/mol. The van der Waals surface area contributed by atoms with Gasteiger partial charge in [0.2, 0.25) is 0 Å². The van der Waals surface area contributed by atoms with Crippen LogP contribution >= 0.6 is 0 Å². The van der Waals surface area contributed by atoms with E-state index in [1.165, 1.54) is 141 Å². The van der Waals surface area contributed by atoms with Crippen LogP contribution in [0.2, 0.25) is 0 Å². The minimum absolute atomic E-state index is 0.329. The van der Waals surface area contributed by atoms with E-state index in [4.69, 9.17) is 9.47 Å². The molecule has 0 bridgehead atoms. The van der Waals surface area contributed by atoms with Gasteiger partial charge in [0.25, 0.3) is 0 Å². The molecular formula is C39H81NO4.